The number of hydrogen-bond acceptors (Lipinski definition) is 8. The number of carbonyl (C=O) groups excluding carboxylic acids is 5. The number of carbonyl (C=O) groups is 5. The molecule has 0 spiro atoms. The van der Waals surface area contributed by atoms with Crippen LogP contribution in [0.3, 0.4) is 0 Å². The highest BCUT2D eigenvalue weighted by Gasteiger charge is 2.33. The Labute approximate surface area is 304 Å². The second kappa shape index (κ2) is 15.1. The van der Waals surface area contributed by atoms with Crippen molar-refractivity contribution in [3.8, 4) is 0 Å². The van der Waals surface area contributed by atoms with Gasteiger partial charge in [0.25, 0.3) is 0 Å². The van der Waals surface area contributed by atoms with E-state index in [9.17, 15) is 24.0 Å². The first-order chi connectivity index (χ1) is 24.0. The van der Waals surface area contributed by atoms with Gasteiger partial charge < -0.3 is 29.7 Å². The number of aromatic nitrogens is 2. The summed E-state index contributed by atoms with van der Waals surface area (Å²) in [7, 11) is 1.53. The molecule has 4 aromatic rings. The minimum atomic E-state index is -1.18. The first kappa shape index (κ1) is 39.5. The molecule has 0 aliphatic rings. The smallest absolute Gasteiger partial charge is 0.419 e. The summed E-state index contributed by atoms with van der Waals surface area (Å²) in [4.78, 5) is 68.0. The average Bonchev–Trinajstić information content (AvgIpc) is 3.56. The molecule has 280 valence electrons. The van der Waals surface area contributed by atoms with Crippen molar-refractivity contribution in [2.45, 2.75) is 111 Å². The normalized spacial score (nSPS) is 13.3. The molecule has 0 aliphatic carbocycles. The van der Waals surface area contributed by atoms with Gasteiger partial charge >= 0.3 is 18.3 Å². The fourth-order valence-corrected chi connectivity index (χ4v) is 5.75. The maximum atomic E-state index is 14.5. The lowest BCUT2D eigenvalue weighted by Crippen LogP contribution is -2.56. The Morgan fingerprint density at radius 2 is 1.08 bits per heavy atom. The van der Waals surface area contributed by atoms with Crippen molar-refractivity contribution in [3.63, 3.8) is 0 Å². The van der Waals surface area contributed by atoms with Gasteiger partial charge in [0, 0.05) is 50.0 Å². The second-order valence-electron chi connectivity index (χ2n) is 15.8. The highest BCUT2D eigenvalue weighted by atomic mass is 16.6. The van der Waals surface area contributed by atoms with Crippen molar-refractivity contribution < 1.29 is 38.2 Å². The van der Waals surface area contributed by atoms with Crippen LogP contribution in [0.4, 0.5) is 14.4 Å². The van der Waals surface area contributed by atoms with Crippen LogP contribution in [-0.2, 0) is 36.6 Å². The summed E-state index contributed by atoms with van der Waals surface area (Å²) >= 11 is 0. The van der Waals surface area contributed by atoms with Crippen LogP contribution in [0.2, 0.25) is 0 Å². The molecule has 0 radical (unpaired) electrons. The summed E-state index contributed by atoms with van der Waals surface area (Å²) in [5, 5.41) is 7.02. The topological polar surface area (TPSA) is 150 Å². The summed E-state index contributed by atoms with van der Waals surface area (Å²) < 4.78 is 19.6. The van der Waals surface area contributed by atoms with Crippen LogP contribution in [0.15, 0.2) is 60.9 Å². The number of benzene rings is 2. The molecule has 0 unspecified atom stereocenters. The van der Waals surface area contributed by atoms with Crippen LogP contribution in [0.1, 0.15) is 80.4 Å². The van der Waals surface area contributed by atoms with E-state index in [0.29, 0.717) is 27.5 Å². The van der Waals surface area contributed by atoms with Crippen molar-refractivity contribution in [3.05, 3.63) is 72.1 Å². The molecule has 3 amide bonds. The Balaban J connectivity index is 1.73. The maximum Gasteiger partial charge on any atom is 0.419 e. The molecule has 2 N–H and O–H groups in total. The van der Waals surface area contributed by atoms with E-state index in [2.05, 4.69) is 10.6 Å². The lowest BCUT2D eigenvalue weighted by Gasteiger charge is -2.32. The zero-order valence-corrected chi connectivity index (χ0v) is 32.0. The molecule has 0 fully saturated rings. The molecular weight excluding hydrogens is 666 g/mol. The van der Waals surface area contributed by atoms with E-state index < -0.39 is 59.1 Å². The summed E-state index contributed by atoms with van der Waals surface area (Å²) in [5.41, 5.74) is 0.118. The van der Waals surface area contributed by atoms with Gasteiger partial charge in [-0.25, -0.2) is 14.4 Å². The molecule has 0 saturated carbocycles. The number of fused-ring (bicyclic) bond motifs is 2. The summed E-state index contributed by atoms with van der Waals surface area (Å²) in [6.07, 6.45) is 0.480. The van der Waals surface area contributed by atoms with Gasteiger partial charge in [-0.3, -0.25) is 18.7 Å². The second-order valence-corrected chi connectivity index (χ2v) is 15.8. The van der Waals surface area contributed by atoms with E-state index in [1.165, 1.54) is 28.0 Å². The van der Waals surface area contributed by atoms with E-state index in [-0.39, 0.29) is 12.8 Å². The predicted octanol–water partition coefficient (Wildman–Crippen LogP) is 6.76. The molecule has 2 heterocycles. The minimum absolute atomic E-state index is 0.0243. The van der Waals surface area contributed by atoms with Crippen molar-refractivity contribution >= 4 is 51.9 Å². The first-order valence-corrected chi connectivity index (χ1v) is 17.2. The van der Waals surface area contributed by atoms with Crippen LogP contribution < -0.4 is 10.6 Å². The van der Waals surface area contributed by atoms with Gasteiger partial charge in [-0.15, -0.1) is 0 Å². The third kappa shape index (κ3) is 10.1. The number of amides is 3. The van der Waals surface area contributed by atoms with E-state index in [1.54, 1.807) is 99.0 Å². The first-order valence-electron chi connectivity index (χ1n) is 17.2. The average molecular weight is 718 g/mol. The van der Waals surface area contributed by atoms with Crippen molar-refractivity contribution in [1.29, 1.82) is 0 Å². The Morgan fingerprint density at radius 1 is 0.654 bits per heavy atom. The van der Waals surface area contributed by atoms with Gasteiger partial charge in [-0.2, -0.15) is 0 Å². The van der Waals surface area contributed by atoms with Gasteiger partial charge in [0.1, 0.15) is 29.0 Å². The van der Waals surface area contributed by atoms with Gasteiger partial charge in [0.05, 0.1) is 11.0 Å². The quantitative estimate of drug-likeness (QED) is 0.150. The van der Waals surface area contributed by atoms with Crippen LogP contribution in [0.5, 0.6) is 0 Å². The molecule has 52 heavy (non-hydrogen) atoms. The van der Waals surface area contributed by atoms with Crippen molar-refractivity contribution in [2.24, 2.45) is 0 Å². The highest BCUT2D eigenvalue weighted by molar-refractivity contribution is 5.94. The SMILES string of the molecule is CC(=O)N[C@@H](Cc1cn(C(=O)OC(C)(C)C)c2ccccc12)N(C)C(=O)[C@@H](Cc1cn(C(=O)OC(C)(C)C)c2ccccc12)NC(=O)OC(C)(C)C. The molecule has 2 aromatic carbocycles. The molecule has 0 aliphatic heterocycles. The maximum absolute atomic E-state index is 14.5. The van der Waals surface area contributed by atoms with E-state index in [4.69, 9.17) is 14.2 Å². The zero-order chi connectivity index (χ0) is 38.8. The standard InChI is InChI=1S/C39H51N5O8/c1-24(45)40-32(21-26-23-44(36(49)52-39(8,9)10)31-19-15-13-17-28(26)31)42(11)33(46)29(41-34(47)50-37(2,3)4)20-25-22-43(35(48)51-38(5,6)7)30-18-14-12-16-27(25)30/h12-19,22-23,29,32H,20-21H2,1-11H3,(H,40,45)(H,41,47)/t29-,32-/m1/s1. The van der Waals surface area contributed by atoms with Crippen LogP contribution in [0, 0.1) is 0 Å². The largest absolute Gasteiger partial charge is 0.444 e. The number of nitrogens with one attached hydrogen (secondary N) is 2. The Morgan fingerprint density at radius 3 is 1.50 bits per heavy atom. The fourth-order valence-electron chi connectivity index (χ4n) is 5.75. The Hall–Kier alpha value is -5.33. The zero-order valence-electron chi connectivity index (χ0n) is 32.0. The fraction of sp³-hybridized carbons (Fsp3) is 0.462. The third-order valence-corrected chi connectivity index (χ3v) is 7.78. The monoisotopic (exact) mass is 717 g/mol. The number of hydrogen-bond donors (Lipinski definition) is 2. The number of para-hydroxylation sites is 2. The van der Waals surface area contributed by atoms with Gasteiger partial charge in [-0.05, 0) is 85.6 Å². The number of nitrogens with zero attached hydrogens (tertiary/aromatic N) is 3. The molecule has 13 nitrogen and oxygen atoms in total. The molecule has 2 aromatic heterocycles. The van der Waals surface area contributed by atoms with Gasteiger partial charge in [0.2, 0.25) is 11.8 Å². The Bertz CT molecular complexity index is 1970. The molecule has 0 saturated heterocycles. The van der Waals surface area contributed by atoms with E-state index in [1.807, 2.05) is 24.3 Å². The molecular formula is C39H51N5O8. The molecule has 13 heteroatoms. The summed E-state index contributed by atoms with van der Waals surface area (Å²) in [6.45, 7) is 17.1. The van der Waals surface area contributed by atoms with Crippen molar-refractivity contribution in [2.75, 3.05) is 7.05 Å². The third-order valence-electron chi connectivity index (χ3n) is 7.78. The number of ether oxygens (including phenoxy) is 3. The van der Waals surface area contributed by atoms with Crippen molar-refractivity contribution in [1.82, 2.24) is 24.7 Å². The number of rotatable bonds is 8. The molecule has 4 rings (SSSR count). The van der Waals surface area contributed by atoms with E-state index >= 15 is 0 Å². The molecule has 2 atom stereocenters. The summed E-state index contributed by atoms with van der Waals surface area (Å²) in [6, 6.07) is 13.3. The predicted molar refractivity (Wildman–Crippen MR) is 198 cm³/mol. The number of likely N-dealkylation sites (N-methyl/N-ethyl adjacent to an activating group) is 1. The lowest BCUT2D eigenvalue weighted by atomic mass is 10.0. The van der Waals surface area contributed by atoms with Crippen LogP contribution in [0.25, 0.3) is 21.8 Å². The Kier molecular flexibility index (Phi) is 11.5. The number of alkyl carbamates (subject to hydrolysis) is 1. The molecule has 0 bridgehead atoms. The highest BCUT2D eigenvalue weighted by Crippen LogP contribution is 2.27. The minimum Gasteiger partial charge on any atom is -0.444 e. The van der Waals surface area contributed by atoms with Crippen LogP contribution in [-0.4, -0.2) is 80.2 Å². The van der Waals surface area contributed by atoms with Gasteiger partial charge in [-0.1, -0.05) is 36.4 Å². The lowest BCUT2D eigenvalue weighted by molar-refractivity contribution is -0.136. The summed E-state index contributed by atoms with van der Waals surface area (Å²) in [5.74, 6) is -0.924. The van der Waals surface area contributed by atoms with Gasteiger partial charge in [0.15, 0.2) is 0 Å². The van der Waals surface area contributed by atoms with E-state index in [0.717, 1.165) is 5.39 Å². The van der Waals surface area contributed by atoms with Crippen LogP contribution >= 0.6 is 0 Å².